The summed E-state index contributed by atoms with van der Waals surface area (Å²) in [4.78, 5) is 27.3. The molecule has 0 radical (unpaired) electrons. The van der Waals surface area contributed by atoms with Crippen LogP contribution in [0.5, 0.6) is 11.5 Å². The fourth-order valence-electron chi connectivity index (χ4n) is 4.61. The van der Waals surface area contributed by atoms with Gasteiger partial charge in [-0.3, -0.25) is 4.79 Å². The summed E-state index contributed by atoms with van der Waals surface area (Å²) < 4.78 is 41.0. The first-order valence-corrected chi connectivity index (χ1v) is 12.6. The van der Waals surface area contributed by atoms with E-state index in [4.69, 9.17) is 13.9 Å². The number of rotatable bonds is 4. The van der Waals surface area contributed by atoms with E-state index >= 15 is 0 Å². The van der Waals surface area contributed by atoms with Gasteiger partial charge in [0.2, 0.25) is 5.91 Å². The SMILES string of the molecule is COc1cc2c(c3oc(=O)c(CC(=O)N(C)C4CCS(=O)(=O)C4)c(C)c13)CCC(C)(C)O2. The summed E-state index contributed by atoms with van der Waals surface area (Å²) in [6, 6.07) is 1.44. The van der Waals surface area contributed by atoms with E-state index in [9.17, 15) is 18.0 Å². The normalized spacial score (nSPS) is 21.1. The van der Waals surface area contributed by atoms with Gasteiger partial charge in [-0.05, 0) is 45.6 Å². The Morgan fingerprint density at radius 3 is 2.69 bits per heavy atom. The molecule has 174 valence electrons. The fourth-order valence-corrected chi connectivity index (χ4v) is 6.38. The van der Waals surface area contributed by atoms with Gasteiger partial charge in [-0.1, -0.05) is 0 Å². The van der Waals surface area contributed by atoms with Gasteiger partial charge in [0.1, 0.15) is 22.7 Å². The molecular weight excluding hydrogens is 434 g/mol. The number of hydrogen-bond donors (Lipinski definition) is 0. The zero-order valence-corrected chi connectivity index (χ0v) is 19.9. The van der Waals surface area contributed by atoms with Crippen molar-refractivity contribution in [2.24, 2.45) is 0 Å². The highest BCUT2D eigenvalue weighted by atomic mass is 32.2. The molecule has 32 heavy (non-hydrogen) atoms. The van der Waals surface area contributed by atoms with Crippen LogP contribution in [-0.2, 0) is 27.5 Å². The minimum Gasteiger partial charge on any atom is -0.496 e. The highest BCUT2D eigenvalue weighted by Gasteiger charge is 2.34. The third kappa shape index (κ3) is 3.98. The summed E-state index contributed by atoms with van der Waals surface area (Å²) in [6.45, 7) is 5.80. The number of fused-ring (bicyclic) bond motifs is 3. The second-order valence-corrected chi connectivity index (χ2v) is 11.6. The Morgan fingerprint density at radius 2 is 2.06 bits per heavy atom. The van der Waals surface area contributed by atoms with Gasteiger partial charge < -0.3 is 18.8 Å². The maximum atomic E-state index is 12.9. The molecule has 1 aromatic carbocycles. The van der Waals surface area contributed by atoms with E-state index in [1.807, 2.05) is 19.9 Å². The van der Waals surface area contributed by atoms with Gasteiger partial charge in [-0.2, -0.15) is 0 Å². The largest absolute Gasteiger partial charge is 0.496 e. The minimum atomic E-state index is -3.12. The Kier molecular flexibility index (Phi) is 5.51. The quantitative estimate of drug-likeness (QED) is 0.642. The van der Waals surface area contributed by atoms with Crippen LogP contribution >= 0.6 is 0 Å². The van der Waals surface area contributed by atoms with Crippen molar-refractivity contribution in [3.8, 4) is 11.5 Å². The van der Waals surface area contributed by atoms with Gasteiger partial charge >= 0.3 is 5.63 Å². The maximum absolute atomic E-state index is 12.9. The van der Waals surface area contributed by atoms with Crippen molar-refractivity contribution < 1.29 is 27.1 Å². The summed E-state index contributed by atoms with van der Waals surface area (Å²) >= 11 is 0. The molecule has 1 amide bonds. The lowest BCUT2D eigenvalue weighted by Gasteiger charge is -2.33. The van der Waals surface area contributed by atoms with Crippen molar-refractivity contribution in [1.82, 2.24) is 4.90 Å². The van der Waals surface area contributed by atoms with Crippen LogP contribution in [0.2, 0.25) is 0 Å². The molecule has 8 nitrogen and oxygen atoms in total. The first kappa shape index (κ1) is 22.6. The molecule has 0 saturated carbocycles. The second-order valence-electron chi connectivity index (χ2n) is 9.35. The predicted molar refractivity (Wildman–Crippen MR) is 120 cm³/mol. The van der Waals surface area contributed by atoms with E-state index < -0.39 is 15.5 Å². The van der Waals surface area contributed by atoms with Gasteiger partial charge in [0.25, 0.3) is 0 Å². The number of amides is 1. The Morgan fingerprint density at radius 1 is 1.34 bits per heavy atom. The number of sulfone groups is 1. The zero-order chi connectivity index (χ0) is 23.4. The number of benzene rings is 1. The molecule has 3 heterocycles. The predicted octanol–water partition coefficient (Wildman–Crippen LogP) is 2.40. The molecule has 0 spiro atoms. The van der Waals surface area contributed by atoms with Crippen LogP contribution in [0, 0.1) is 6.92 Å². The third-order valence-corrected chi connectivity index (χ3v) is 8.39. The van der Waals surface area contributed by atoms with Gasteiger partial charge in [-0.15, -0.1) is 0 Å². The van der Waals surface area contributed by atoms with Gasteiger partial charge in [0, 0.05) is 24.7 Å². The number of carbonyl (C=O) groups is 1. The average molecular weight is 464 g/mol. The highest BCUT2D eigenvalue weighted by molar-refractivity contribution is 7.91. The second kappa shape index (κ2) is 7.79. The van der Waals surface area contributed by atoms with Crippen molar-refractivity contribution >= 4 is 26.7 Å². The van der Waals surface area contributed by atoms with Crippen LogP contribution in [0.1, 0.15) is 43.4 Å². The molecule has 2 aromatic rings. The van der Waals surface area contributed by atoms with Crippen LogP contribution in [-0.4, -0.2) is 56.5 Å². The van der Waals surface area contributed by atoms with E-state index in [1.165, 1.54) is 4.90 Å². The number of likely N-dealkylation sites (N-methyl/N-ethyl adjacent to an activating group) is 1. The highest BCUT2D eigenvalue weighted by Crippen LogP contribution is 2.43. The molecule has 0 bridgehead atoms. The van der Waals surface area contributed by atoms with Gasteiger partial charge in [0.15, 0.2) is 9.84 Å². The number of hydrogen-bond acceptors (Lipinski definition) is 7. The molecule has 0 aliphatic carbocycles. The fraction of sp³-hybridized carbons (Fsp3) is 0.565. The Hall–Kier alpha value is -2.55. The van der Waals surface area contributed by atoms with Crippen LogP contribution in [0.25, 0.3) is 11.0 Å². The molecule has 1 saturated heterocycles. The molecule has 2 aliphatic rings. The molecular formula is C23H29NO7S. The lowest BCUT2D eigenvalue weighted by molar-refractivity contribution is -0.130. The van der Waals surface area contributed by atoms with E-state index in [0.29, 0.717) is 40.9 Å². The molecule has 2 aliphatic heterocycles. The lowest BCUT2D eigenvalue weighted by Crippen LogP contribution is -2.39. The average Bonchev–Trinajstić information content (AvgIpc) is 3.08. The molecule has 1 unspecified atom stereocenters. The lowest BCUT2D eigenvalue weighted by atomic mass is 9.91. The molecule has 1 aromatic heterocycles. The number of ether oxygens (including phenoxy) is 2. The summed E-state index contributed by atoms with van der Waals surface area (Å²) in [5, 5.41) is 0.656. The van der Waals surface area contributed by atoms with Gasteiger partial charge in [-0.25, -0.2) is 13.2 Å². The van der Waals surface area contributed by atoms with Crippen molar-refractivity contribution in [2.45, 2.75) is 58.1 Å². The standard InChI is InChI=1S/C23H29NO7S/c1-13-16(10-19(25)24(4)14-7-9-32(27,28)12-14)22(26)30-21-15-6-8-23(2,3)31-17(15)11-18(29-5)20(13)21/h11,14H,6-10,12H2,1-5H3. The summed E-state index contributed by atoms with van der Waals surface area (Å²) in [7, 11) is 0.00497. The topological polar surface area (TPSA) is 103 Å². The van der Waals surface area contributed by atoms with Crippen molar-refractivity contribution in [2.75, 3.05) is 25.7 Å². The van der Waals surface area contributed by atoms with E-state index in [2.05, 4.69) is 0 Å². The van der Waals surface area contributed by atoms with Crippen molar-refractivity contribution in [3.05, 3.63) is 33.2 Å². The van der Waals surface area contributed by atoms with Crippen molar-refractivity contribution in [1.29, 1.82) is 0 Å². The summed E-state index contributed by atoms with van der Waals surface area (Å²) in [5.41, 5.74) is 1.24. The molecule has 1 atom stereocenters. The first-order chi connectivity index (χ1) is 14.9. The minimum absolute atomic E-state index is 0.0448. The summed E-state index contributed by atoms with van der Waals surface area (Å²) in [6.07, 6.45) is 1.72. The Labute approximate surface area is 187 Å². The summed E-state index contributed by atoms with van der Waals surface area (Å²) in [5.74, 6) is 0.870. The van der Waals surface area contributed by atoms with E-state index in [-0.39, 0.29) is 41.0 Å². The number of methoxy groups -OCH3 is 1. The zero-order valence-electron chi connectivity index (χ0n) is 19.1. The smallest absolute Gasteiger partial charge is 0.340 e. The monoisotopic (exact) mass is 463 g/mol. The molecule has 1 fully saturated rings. The molecule has 9 heteroatoms. The van der Waals surface area contributed by atoms with Crippen LogP contribution < -0.4 is 15.1 Å². The molecule has 0 N–H and O–H groups in total. The Bertz CT molecular complexity index is 1260. The van der Waals surface area contributed by atoms with Gasteiger partial charge in [0.05, 0.1) is 36.0 Å². The van der Waals surface area contributed by atoms with E-state index in [0.717, 1.165) is 12.0 Å². The number of aryl methyl sites for hydroxylation is 2. The number of nitrogens with zero attached hydrogens (tertiary/aromatic N) is 1. The molecule has 4 rings (SSSR count). The van der Waals surface area contributed by atoms with Crippen LogP contribution in [0.4, 0.5) is 0 Å². The van der Waals surface area contributed by atoms with Crippen LogP contribution in [0.15, 0.2) is 15.3 Å². The van der Waals surface area contributed by atoms with Crippen molar-refractivity contribution in [3.63, 3.8) is 0 Å². The first-order valence-electron chi connectivity index (χ1n) is 10.7. The van der Waals surface area contributed by atoms with E-state index in [1.54, 1.807) is 21.1 Å². The Balaban J connectivity index is 1.74. The number of carbonyl (C=O) groups excluding carboxylic acids is 1. The van der Waals surface area contributed by atoms with Crippen LogP contribution in [0.3, 0.4) is 0 Å². The third-order valence-electron chi connectivity index (χ3n) is 6.64. The maximum Gasteiger partial charge on any atom is 0.340 e.